The maximum Gasteiger partial charge on any atom is 0.220 e. The van der Waals surface area contributed by atoms with Gasteiger partial charge < -0.3 is 4.90 Å². The molecule has 0 bridgehead atoms. The summed E-state index contributed by atoms with van der Waals surface area (Å²) in [4.78, 5) is 16.3. The molecule has 0 saturated heterocycles. The molecule has 4 heteroatoms. The van der Waals surface area contributed by atoms with Gasteiger partial charge in [-0.15, -0.1) is 0 Å². The maximum atomic E-state index is 10.9. The molecule has 58 valence electrons. The van der Waals surface area contributed by atoms with Crippen molar-refractivity contribution in [3.05, 3.63) is 0 Å². The summed E-state index contributed by atoms with van der Waals surface area (Å²) >= 11 is 0. The van der Waals surface area contributed by atoms with Crippen molar-refractivity contribution in [2.45, 2.75) is 13.0 Å². The average Bonchev–Trinajstić information content (AvgIpc) is 2.04. The molecule has 0 saturated carbocycles. The van der Waals surface area contributed by atoms with E-state index in [0.29, 0.717) is 13.1 Å². The number of carbonyl (C=O) groups is 1. The molecule has 4 nitrogen and oxygen atoms in total. The zero-order chi connectivity index (χ0) is 8.27. The fraction of sp³-hybridized carbons (Fsp3) is 0.571. The highest BCUT2D eigenvalue weighted by Crippen LogP contribution is 2.01. The quantitative estimate of drug-likeness (QED) is 0.482. The molecule has 11 heavy (non-hydrogen) atoms. The van der Waals surface area contributed by atoms with E-state index in [0.717, 1.165) is 0 Å². The van der Waals surface area contributed by atoms with Gasteiger partial charge in [-0.25, -0.2) is 0 Å². The number of nitrogens with zero attached hydrogens (tertiary/aromatic N) is 3. The van der Waals surface area contributed by atoms with Crippen molar-refractivity contribution >= 4 is 12.1 Å². The third-order valence-corrected chi connectivity index (χ3v) is 1.59. The van der Waals surface area contributed by atoms with E-state index >= 15 is 0 Å². The summed E-state index contributed by atoms with van der Waals surface area (Å²) in [7, 11) is 0. The Hall–Kier alpha value is -1.37. The molecular formula is C7H9N3O. The van der Waals surface area contributed by atoms with Crippen LogP contribution in [0.4, 0.5) is 0 Å². The van der Waals surface area contributed by atoms with Gasteiger partial charge in [0, 0.05) is 19.7 Å². The Morgan fingerprint density at radius 3 is 3.09 bits per heavy atom. The first-order valence-electron chi connectivity index (χ1n) is 3.42. The molecule has 1 atom stereocenters. The minimum atomic E-state index is -0.457. The molecule has 1 amide bonds. The summed E-state index contributed by atoms with van der Waals surface area (Å²) in [5.41, 5.74) is 0. The minimum Gasteiger partial charge on any atom is -0.320 e. The van der Waals surface area contributed by atoms with Gasteiger partial charge in [0.2, 0.25) is 5.91 Å². The number of hydrogen-bond acceptors (Lipinski definition) is 3. The van der Waals surface area contributed by atoms with E-state index in [-0.39, 0.29) is 5.91 Å². The van der Waals surface area contributed by atoms with E-state index in [1.165, 1.54) is 18.0 Å². The summed E-state index contributed by atoms with van der Waals surface area (Å²) in [5.74, 6) is -0.0669. The Labute approximate surface area is 65.1 Å². The second kappa shape index (κ2) is 3.15. The van der Waals surface area contributed by atoms with Crippen molar-refractivity contribution in [2.75, 3.05) is 13.1 Å². The molecule has 1 aliphatic rings. The molecule has 1 aliphatic heterocycles. The molecule has 0 aromatic rings. The van der Waals surface area contributed by atoms with Crippen LogP contribution in [0.5, 0.6) is 0 Å². The van der Waals surface area contributed by atoms with E-state index in [9.17, 15) is 4.79 Å². The van der Waals surface area contributed by atoms with Crippen LogP contribution in [-0.4, -0.2) is 36.2 Å². The lowest BCUT2D eigenvalue weighted by atomic mass is 10.2. The molecule has 0 radical (unpaired) electrons. The highest BCUT2D eigenvalue weighted by atomic mass is 16.2. The largest absolute Gasteiger partial charge is 0.320 e. The summed E-state index contributed by atoms with van der Waals surface area (Å²) in [6.45, 7) is 2.63. The molecule has 0 spiro atoms. The Kier molecular flexibility index (Phi) is 2.21. The normalized spacial score (nSPS) is 22.9. The van der Waals surface area contributed by atoms with Crippen LogP contribution >= 0.6 is 0 Å². The SMILES string of the molecule is CC(=O)N1CCN=CC1C#N. The van der Waals surface area contributed by atoms with E-state index < -0.39 is 6.04 Å². The minimum absolute atomic E-state index is 0.0669. The highest BCUT2D eigenvalue weighted by molar-refractivity contribution is 5.81. The number of carbonyl (C=O) groups excluding carboxylic acids is 1. The number of aliphatic imine (C=N–C) groups is 1. The van der Waals surface area contributed by atoms with Crippen LogP contribution in [-0.2, 0) is 4.79 Å². The summed E-state index contributed by atoms with van der Waals surface area (Å²) in [5, 5.41) is 8.58. The van der Waals surface area contributed by atoms with Crippen LogP contribution in [0.1, 0.15) is 6.92 Å². The molecular weight excluding hydrogens is 142 g/mol. The number of amides is 1. The van der Waals surface area contributed by atoms with Crippen molar-refractivity contribution in [1.82, 2.24) is 4.90 Å². The van der Waals surface area contributed by atoms with Gasteiger partial charge in [0.05, 0.1) is 12.6 Å². The van der Waals surface area contributed by atoms with E-state index in [2.05, 4.69) is 4.99 Å². The topological polar surface area (TPSA) is 56.5 Å². The Bertz CT molecular complexity index is 228. The lowest BCUT2D eigenvalue weighted by molar-refractivity contribution is -0.129. The zero-order valence-corrected chi connectivity index (χ0v) is 6.32. The number of hydrogen-bond donors (Lipinski definition) is 0. The van der Waals surface area contributed by atoms with E-state index in [4.69, 9.17) is 5.26 Å². The molecule has 0 aromatic carbocycles. The third kappa shape index (κ3) is 1.55. The van der Waals surface area contributed by atoms with Gasteiger partial charge in [0.15, 0.2) is 6.04 Å². The monoisotopic (exact) mass is 151 g/mol. The molecule has 0 aromatic heterocycles. The Morgan fingerprint density at radius 2 is 2.64 bits per heavy atom. The Balaban J connectivity index is 2.73. The van der Waals surface area contributed by atoms with Crippen LogP contribution in [0.15, 0.2) is 4.99 Å². The van der Waals surface area contributed by atoms with Gasteiger partial charge in [-0.2, -0.15) is 5.26 Å². The standard InChI is InChI=1S/C7H9N3O/c1-6(11)10-3-2-9-5-7(10)4-8/h5,7H,2-3H2,1H3. The van der Waals surface area contributed by atoms with E-state index in [1.807, 2.05) is 6.07 Å². The predicted octanol–water partition coefficient (Wildman–Crippen LogP) is -0.189. The van der Waals surface area contributed by atoms with Gasteiger partial charge in [0.25, 0.3) is 0 Å². The van der Waals surface area contributed by atoms with Crippen molar-refractivity contribution in [1.29, 1.82) is 5.26 Å². The van der Waals surface area contributed by atoms with Gasteiger partial charge in [-0.05, 0) is 0 Å². The second-order valence-electron chi connectivity index (χ2n) is 2.34. The van der Waals surface area contributed by atoms with Gasteiger partial charge in [0.1, 0.15) is 0 Å². The Morgan fingerprint density at radius 1 is 1.91 bits per heavy atom. The average molecular weight is 151 g/mol. The van der Waals surface area contributed by atoms with Gasteiger partial charge in [-0.3, -0.25) is 9.79 Å². The number of nitriles is 1. The van der Waals surface area contributed by atoms with E-state index in [1.54, 1.807) is 0 Å². The fourth-order valence-electron chi connectivity index (χ4n) is 1.02. The molecule has 0 aliphatic carbocycles. The summed E-state index contributed by atoms with van der Waals surface area (Å²) in [6, 6.07) is 1.53. The smallest absolute Gasteiger partial charge is 0.220 e. The van der Waals surface area contributed by atoms with Crippen molar-refractivity contribution in [3.63, 3.8) is 0 Å². The fourth-order valence-corrected chi connectivity index (χ4v) is 1.02. The molecule has 0 fully saturated rings. The van der Waals surface area contributed by atoms with Crippen LogP contribution < -0.4 is 0 Å². The first kappa shape index (κ1) is 7.73. The van der Waals surface area contributed by atoms with Crippen molar-refractivity contribution in [3.8, 4) is 6.07 Å². The molecule has 1 heterocycles. The van der Waals surface area contributed by atoms with Gasteiger partial charge >= 0.3 is 0 Å². The predicted molar refractivity (Wildman–Crippen MR) is 40.1 cm³/mol. The number of rotatable bonds is 0. The maximum absolute atomic E-state index is 10.9. The summed E-state index contributed by atoms with van der Waals surface area (Å²) in [6.07, 6.45) is 1.52. The zero-order valence-electron chi connectivity index (χ0n) is 6.32. The summed E-state index contributed by atoms with van der Waals surface area (Å²) < 4.78 is 0. The highest BCUT2D eigenvalue weighted by Gasteiger charge is 2.20. The first-order valence-corrected chi connectivity index (χ1v) is 3.42. The van der Waals surface area contributed by atoms with Gasteiger partial charge in [-0.1, -0.05) is 0 Å². The molecule has 0 N–H and O–H groups in total. The van der Waals surface area contributed by atoms with Crippen molar-refractivity contribution in [2.24, 2.45) is 4.99 Å². The third-order valence-electron chi connectivity index (χ3n) is 1.59. The van der Waals surface area contributed by atoms with Crippen LogP contribution in [0.25, 0.3) is 0 Å². The first-order chi connectivity index (χ1) is 5.25. The lowest BCUT2D eigenvalue weighted by Gasteiger charge is -2.25. The van der Waals surface area contributed by atoms with Crippen LogP contribution in [0.2, 0.25) is 0 Å². The van der Waals surface area contributed by atoms with Crippen LogP contribution in [0, 0.1) is 11.3 Å². The van der Waals surface area contributed by atoms with Crippen LogP contribution in [0.3, 0.4) is 0 Å². The second-order valence-corrected chi connectivity index (χ2v) is 2.34. The molecule has 1 unspecified atom stereocenters. The lowest BCUT2D eigenvalue weighted by Crippen LogP contribution is -2.43. The van der Waals surface area contributed by atoms with Crippen molar-refractivity contribution < 1.29 is 4.79 Å². The molecule has 1 rings (SSSR count).